The highest BCUT2D eigenvalue weighted by Crippen LogP contribution is 2.25. The van der Waals surface area contributed by atoms with E-state index >= 15 is 0 Å². The molecule has 32 heavy (non-hydrogen) atoms. The summed E-state index contributed by atoms with van der Waals surface area (Å²) in [6.07, 6.45) is 1.00. The number of carbonyl (C=O) groups is 2. The van der Waals surface area contributed by atoms with Crippen LogP contribution in [0.15, 0.2) is 70.9 Å². The van der Waals surface area contributed by atoms with Crippen LogP contribution >= 0.6 is 11.3 Å². The number of rotatable bonds is 8. The van der Waals surface area contributed by atoms with Gasteiger partial charge in [-0.3, -0.25) is 9.59 Å². The van der Waals surface area contributed by atoms with Crippen molar-refractivity contribution in [1.82, 2.24) is 10.0 Å². The van der Waals surface area contributed by atoms with Crippen molar-refractivity contribution < 1.29 is 18.0 Å². The number of hydrogen-bond donors (Lipinski definition) is 3. The summed E-state index contributed by atoms with van der Waals surface area (Å²) in [5.74, 6) is -0.479. The first-order chi connectivity index (χ1) is 15.4. The van der Waals surface area contributed by atoms with E-state index in [1.54, 1.807) is 12.1 Å². The maximum atomic E-state index is 13.1. The molecule has 9 heteroatoms. The fraction of sp³-hybridized carbons (Fsp3) is 0.217. The largest absolute Gasteiger partial charge is 0.350 e. The van der Waals surface area contributed by atoms with Gasteiger partial charge in [-0.05, 0) is 53.6 Å². The first-order valence-corrected chi connectivity index (χ1v) is 12.6. The van der Waals surface area contributed by atoms with Crippen molar-refractivity contribution in [1.29, 1.82) is 0 Å². The maximum Gasteiger partial charge on any atom is 0.241 e. The van der Waals surface area contributed by atoms with Crippen molar-refractivity contribution in [2.45, 2.75) is 36.7 Å². The van der Waals surface area contributed by atoms with Crippen molar-refractivity contribution in [3.8, 4) is 0 Å². The number of fused-ring (bicyclic) bond motifs is 1. The van der Waals surface area contributed by atoms with Gasteiger partial charge in [0.2, 0.25) is 21.8 Å². The van der Waals surface area contributed by atoms with Crippen LogP contribution in [0.5, 0.6) is 0 Å². The van der Waals surface area contributed by atoms with E-state index in [0.29, 0.717) is 25.1 Å². The van der Waals surface area contributed by atoms with Crippen LogP contribution in [-0.4, -0.2) is 26.3 Å². The van der Waals surface area contributed by atoms with Crippen LogP contribution in [0.25, 0.3) is 0 Å². The van der Waals surface area contributed by atoms with E-state index in [-0.39, 0.29) is 17.2 Å². The number of thiophene rings is 1. The Bertz CT molecular complexity index is 1210. The minimum absolute atomic E-state index is 0.0662. The number of benzene rings is 2. The van der Waals surface area contributed by atoms with Crippen LogP contribution < -0.4 is 15.4 Å². The molecular formula is C23H23N3O4S2. The van der Waals surface area contributed by atoms with Gasteiger partial charge in [0.05, 0.1) is 11.4 Å². The van der Waals surface area contributed by atoms with Crippen molar-refractivity contribution in [3.63, 3.8) is 0 Å². The summed E-state index contributed by atoms with van der Waals surface area (Å²) in [5.41, 5.74) is 2.23. The van der Waals surface area contributed by atoms with Crippen LogP contribution in [-0.2, 0) is 39.0 Å². The monoisotopic (exact) mass is 469 g/mol. The summed E-state index contributed by atoms with van der Waals surface area (Å²) in [5, 5.41) is 7.50. The van der Waals surface area contributed by atoms with E-state index in [4.69, 9.17) is 0 Å². The molecule has 2 aromatic carbocycles. The first kappa shape index (κ1) is 22.2. The minimum Gasteiger partial charge on any atom is -0.350 e. The van der Waals surface area contributed by atoms with Gasteiger partial charge >= 0.3 is 0 Å². The van der Waals surface area contributed by atoms with E-state index in [0.717, 1.165) is 16.0 Å². The predicted octanol–water partition coefficient (Wildman–Crippen LogP) is 2.84. The van der Waals surface area contributed by atoms with E-state index in [9.17, 15) is 18.0 Å². The molecule has 0 saturated heterocycles. The lowest BCUT2D eigenvalue weighted by atomic mass is 10.0. The van der Waals surface area contributed by atoms with Crippen LogP contribution in [0.1, 0.15) is 22.4 Å². The molecule has 3 aromatic rings. The van der Waals surface area contributed by atoms with Gasteiger partial charge in [-0.2, -0.15) is 4.72 Å². The standard InChI is InChI=1S/C23H23N3O4S2/c27-22-11-8-17-14-19(9-10-20(17)25-22)32(29,30)26-21(13-16-5-2-1-3-6-16)23(28)24-15-18-7-4-12-31-18/h1-7,9-10,12,14,21,26H,8,11,13,15H2,(H,24,28)(H,25,27). The molecule has 1 atom stereocenters. The van der Waals surface area contributed by atoms with Gasteiger partial charge in [0.25, 0.3) is 0 Å². The van der Waals surface area contributed by atoms with Crippen molar-refractivity contribution >= 4 is 38.9 Å². The first-order valence-electron chi connectivity index (χ1n) is 10.2. The topological polar surface area (TPSA) is 104 Å². The Hall–Kier alpha value is -3.01. The summed E-state index contributed by atoms with van der Waals surface area (Å²) in [6.45, 7) is 0.335. The number of aryl methyl sites for hydroxylation is 1. The molecule has 1 aliphatic rings. The van der Waals surface area contributed by atoms with Gasteiger partial charge in [0.1, 0.15) is 6.04 Å². The van der Waals surface area contributed by atoms with E-state index in [2.05, 4.69) is 15.4 Å². The number of carbonyl (C=O) groups excluding carboxylic acids is 2. The molecule has 0 radical (unpaired) electrons. The molecule has 3 N–H and O–H groups in total. The third kappa shape index (κ3) is 5.42. The zero-order chi connectivity index (χ0) is 22.6. The smallest absolute Gasteiger partial charge is 0.241 e. The lowest BCUT2D eigenvalue weighted by Gasteiger charge is -2.20. The molecular weight excluding hydrogens is 446 g/mol. The van der Waals surface area contributed by atoms with Gasteiger partial charge in [-0.1, -0.05) is 36.4 Å². The number of sulfonamides is 1. The fourth-order valence-electron chi connectivity index (χ4n) is 3.53. The molecule has 0 spiro atoms. The van der Waals surface area contributed by atoms with Crippen LogP contribution in [0, 0.1) is 0 Å². The average molecular weight is 470 g/mol. The highest BCUT2D eigenvalue weighted by Gasteiger charge is 2.27. The van der Waals surface area contributed by atoms with E-state index in [1.165, 1.54) is 17.4 Å². The zero-order valence-electron chi connectivity index (χ0n) is 17.2. The Morgan fingerprint density at radius 3 is 2.62 bits per heavy atom. The van der Waals surface area contributed by atoms with E-state index in [1.807, 2.05) is 47.8 Å². The Balaban J connectivity index is 1.54. The van der Waals surface area contributed by atoms with Crippen LogP contribution in [0.2, 0.25) is 0 Å². The Kier molecular flexibility index (Phi) is 6.69. The zero-order valence-corrected chi connectivity index (χ0v) is 18.8. The van der Waals surface area contributed by atoms with Crippen molar-refractivity contribution in [2.24, 2.45) is 0 Å². The Morgan fingerprint density at radius 2 is 1.88 bits per heavy atom. The summed E-state index contributed by atoms with van der Waals surface area (Å²) in [7, 11) is -3.96. The summed E-state index contributed by atoms with van der Waals surface area (Å²) in [4.78, 5) is 25.6. The summed E-state index contributed by atoms with van der Waals surface area (Å²) >= 11 is 1.52. The summed E-state index contributed by atoms with van der Waals surface area (Å²) in [6, 6.07) is 16.7. The molecule has 7 nitrogen and oxygen atoms in total. The SMILES string of the molecule is O=C1CCc2cc(S(=O)(=O)NC(Cc3ccccc3)C(=O)NCc3cccs3)ccc2N1. The second-order valence-corrected chi connectivity index (χ2v) is 10.3. The molecule has 0 fully saturated rings. The highest BCUT2D eigenvalue weighted by atomic mass is 32.2. The number of nitrogens with one attached hydrogen (secondary N) is 3. The van der Waals surface area contributed by atoms with Crippen LogP contribution in [0.4, 0.5) is 5.69 Å². The van der Waals surface area contributed by atoms with Gasteiger partial charge in [-0.15, -0.1) is 11.3 Å². The molecule has 0 saturated carbocycles. The molecule has 0 bridgehead atoms. The molecule has 2 amide bonds. The molecule has 1 aromatic heterocycles. The molecule has 1 aliphatic heterocycles. The second kappa shape index (κ2) is 9.64. The molecule has 2 heterocycles. The lowest BCUT2D eigenvalue weighted by Crippen LogP contribution is -2.47. The van der Waals surface area contributed by atoms with Gasteiger partial charge in [-0.25, -0.2) is 8.42 Å². The summed E-state index contributed by atoms with van der Waals surface area (Å²) < 4.78 is 28.9. The third-order valence-electron chi connectivity index (χ3n) is 5.20. The third-order valence-corrected chi connectivity index (χ3v) is 7.54. The fourth-order valence-corrected chi connectivity index (χ4v) is 5.42. The van der Waals surface area contributed by atoms with Crippen molar-refractivity contribution in [3.05, 3.63) is 82.0 Å². The second-order valence-electron chi connectivity index (χ2n) is 7.53. The molecule has 1 unspecified atom stereocenters. The van der Waals surface area contributed by atoms with Gasteiger partial charge in [0.15, 0.2) is 0 Å². The highest BCUT2D eigenvalue weighted by molar-refractivity contribution is 7.89. The van der Waals surface area contributed by atoms with Crippen LogP contribution in [0.3, 0.4) is 0 Å². The Labute approximate surface area is 190 Å². The van der Waals surface area contributed by atoms with E-state index < -0.39 is 22.0 Å². The molecule has 166 valence electrons. The average Bonchev–Trinajstić information content (AvgIpc) is 3.31. The number of amides is 2. The van der Waals surface area contributed by atoms with Gasteiger partial charge in [0, 0.05) is 17.0 Å². The molecule has 4 rings (SSSR count). The quantitative estimate of drug-likeness (QED) is 0.472. The number of hydrogen-bond acceptors (Lipinski definition) is 5. The maximum absolute atomic E-state index is 13.1. The lowest BCUT2D eigenvalue weighted by molar-refractivity contribution is -0.122. The number of anilines is 1. The van der Waals surface area contributed by atoms with Crippen molar-refractivity contribution in [2.75, 3.05) is 5.32 Å². The minimum atomic E-state index is -3.96. The van der Waals surface area contributed by atoms with Gasteiger partial charge < -0.3 is 10.6 Å². The normalized spacial score (nSPS) is 14.3. The molecule has 0 aliphatic carbocycles. The predicted molar refractivity (Wildman–Crippen MR) is 124 cm³/mol. The Morgan fingerprint density at radius 1 is 1.06 bits per heavy atom.